The summed E-state index contributed by atoms with van der Waals surface area (Å²) in [4.78, 5) is 38.6. The number of esters is 1. The summed E-state index contributed by atoms with van der Waals surface area (Å²) in [5.74, 6) is -0.939. The molecule has 7 nitrogen and oxygen atoms in total. The van der Waals surface area contributed by atoms with Crippen LogP contribution in [0, 0.1) is 0 Å². The lowest BCUT2D eigenvalue weighted by molar-refractivity contribution is 0.0600. The Balaban J connectivity index is 1.89. The fourth-order valence-corrected chi connectivity index (χ4v) is 2.94. The van der Waals surface area contributed by atoms with Gasteiger partial charge < -0.3 is 14.2 Å². The van der Waals surface area contributed by atoms with Gasteiger partial charge in [0.05, 0.1) is 29.5 Å². The minimum Gasteiger partial charge on any atom is -0.486 e. The third kappa shape index (κ3) is 2.24. The number of carbonyl (C=O) groups is 3. The van der Waals surface area contributed by atoms with E-state index in [4.69, 9.17) is 14.2 Å². The number of anilines is 1. The molecule has 0 spiro atoms. The summed E-state index contributed by atoms with van der Waals surface area (Å²) in [6, 6.07) is 9.40. The van der Waals surface area contributed by atoms with Crippen LogP contribution in [-0.2, 0) is 4.74 Å². The molecule has 0 saturated heterocycles. The van der Waals surface area contributed by atoms with Crippen molar-refractivity contribution in [2.75, 3.05) is 25.2 Å². The third-order valence-electron chi connectivity index (χ3n) is 4.10. The minimum atomic E-state index is -0.677. The Bertz CT molecular complexity index is 885. The van der Waals surface area contributed by atoms with Crippen molar-refractivity contribution in [3.05, 3.63) is 53.1 Å². The first kappa shape index (κ1) is 15.2. The first-order valence-electron chi connectivity index (χ1n) is 7.61. The number of amides is 2. The van der Waals surface area contributed by atoms with Crippen LogP contribution in [0.15, 0.2) is 36.4 Å². The van der Waals surface area contributed by atoms with Crippen molar-refractivity contribution in [3.8, 4) is 11.5 Å². The minimum absolute atomic E-state index is 0.0567. The number of carbonyl (C=O) groups excluding carboxylic acids is 3. The highest BCUT2D eigenvalue weighted by atomic mass is 16.6. The molecule has 0 N–H and O–H groups in total. The topological polar surface area (TPSA) is 82.1 Å². The van der Waals surface area contributed by atoms with E-state index in [2.05, 4.69) is 0 Å². The molecule has 0 fully saturated rings. The second-order valence-corrected chi connectivity index (χ2v) is 5.50. The fraction of sp³-hybridized carbons (Fsp3) is 0.167. The number of benzene rings is 2. The zero-order valence-corrected chi connectivity index (χ0v) is 13.3. The van der Waals surface area contributed by atoms with E-state index >= 15 is 0 Å². The zero-order chi connectivity index (χ0) is 17.6. The van der Waals surface area contributed by atoms with Gasteiger partial charge in [-0.15, -0.1) is 0 Å². The maximum Gasteiger partial charge on any atom is 0.340 e. The monoisotopic (exact) mass is 339 g/mol. The van der Waals surface area contributed by atoms with Crippen molar-refractivity contribution in [2.24, 2.45) is 0 Å². The van der Waals surface area contributed by atoms with E-state index in [0.29, 0.717) is 35.8 Å². The van der Waals surface area contributed by atoms with Gasteiger partial charge in [-0.2, -0.15) is 0 Å². The molecule has 0 radical (unpaired) electrons. The van der Waals surface area contributed by atoms with Crippen LogP contribution in [-0.4, -0.2) is 38.1 Å². The summed E-state index contributed by atoms with van der Waals surface area (Å²) in [5, 5.41) is 0. The molecule has 2 aromatic rings. The van der Waals surface area contributed by atoms with Gasteiger partial charge in [-0.05, 0) is 12.1 Å². The van der Waals surface area contributed by atoms with Crippen LogP contribution >= 0.6 is 0 Å². The van der Waals surface area contributed by atoms with Crippen LogP contribution in [0.2, 0.25) is 0 Å². The number of hydrogen-bond donors (Lipinski definition) is 0. The summed E-state index contributed by atoms with van der Waals surface area (Å²) >= 11 is 0. The van der Waals surface area contributed by atoms with Crippen molar-refractivity contribution in [2.45, 2.75) is 0 Å². The summed E-state index contributed by atoms with van der Waals surface area (Å²) < 4.78 is 15.8. The summed E-state index contributed by atoms with van der Waals surface area (Å²) in [6.45, 7) is 0.687. The van der Waals surface area contributed by atoms with Crippen molar-refractivity contribution in [3.63, 3.8) is 0 Å². The SMILES string of the molecule is COC(=O)c1cc2c(cc1N1C(=O)c3ccccc3C1=O)OCCO2. The Labute approximate surface area is 142 Å². The maximum absolute atomic E-state index is 12.7. The van der Waals surface area contributed by atoms with E-state index in [1.165, 1.54) is 19.2 Å². The van der Waals surface area contributed by atoms with Gasteiger partial charge in [-0.25, -0.2) is 9.69 Å². The van der Waals surface area contributed by atoms with Gasteiger partial charge in [-0.3, -0.25) is 9.59 Å². The Hall–Kier alpha value is -3.35. The number of imide groups is 1. The third-order valence-corrected chi connectivity index (χ3v) is 4.10. The number of hydrogen-bond acceptors (Lipinski definition) is 6. The zero-order valence-electron chi connectivity index (χ0n) is 13.3. The highest BCUT2D eigenvalue weighted by Crippen LogP contribution is 2.40. The molecule has 0 atom stereocenters. The fourth-order valence-electron chi connectivity index (χ4n) is 2.94. The van der Waals surface area contributed by atoms with Gasteiger partial charge in [0.1, 0.15) is 13.2 Å². The molecule has 4 rings (SSSR count). The van der Waals surface area contributed by atoms with Crippen LogP contribution in [0.25, 0.3) is 0 Å². The first-order chi connectivity index (χ1) is 12.1. The molecule has 25 heavy (non-hydrogen) atoms. The van der Waals surface area contributed by atoms with E-state index in [0.717, 1.165) is 4.90 Å². The quantitative estimate of drug-likeness (QED) is 0.615. The molecule has 7 heteroatoms. The number of rotatable bonds is 2. The van der Waals surface area contributed by atoms with Crippen molar-refractivity contribution in [1.82, 2.24) is 0 Å². The van der Waals surface area contributed by atoms with Crippen molar-refractivity contribution >= 4 is 23.5 Å². The number of nitrogens with zero attached hydrogens (tertiary/aromatic N) is 1. The molecular weight excluding hydrogens is 326 g/mol. The van der Waals surface area contributed by atoms with Gasteiger partial charge >= 0.3 is 5.97 Å². The van der Waals surface area contributed by atoms with Crippen molar-refractivity contribution < 1.29 is 28.6 Å². The van der Waals surface area contributed by atoms with Gasteiger partial charge in [-0.1, -0.05) is 12.1 Å². The van der Waals surface area contributed by atoms with Crippen LogP contribution < -0.4 is 14.4 Å². The lowest BCUT2D eigenvalue weighted by Crippen LogP contribution is -2.31. The standard InChI is InChI=1S/C18H13NO6/c1-23-18(22)12-8-14-15(25-7-6-24-14)9-13(12)19-16(20)10-4-2-3-5-11(10)17(19)21/h2-5,8-9H,6-7H2,1H3. The lowest BCUT2D eigenvalue weighted by Gasteiger charge is -2.23. The normalized spacial score (nSPS) is 15.2. The van der Waals surface area contributed by atoms with Crippen LogP contribution in [0.1, 0.15) is 31.1 Å². The van der Waals surface area contributed by atoms with Crippen molar-refractivity contribution in [1.29, 1.82) is 0 Å². The molecule has 2 heterocycles. The summed E-state index contributed by atoms with van der Waals surface area (Å²) in [5.41, 5.74) is 0.750. The average molecular weight is 339 g/mol. The van der Waals surface area contributed by atoms with E-state index in [1.807, 2.05) is 0 Å². The highest BCUT2D eigenvalue weighted by Gasteiger charge is 2.39. The molecule has 0 bridgehead atoms. The second-order valence-electron chi connectivity index (χ2n) is 5.50. The second kappa shape index (κ2) is 5.62. The Kier molecular flexibility index (Phi) is 3.42. The smallest absolute Gasteiger partial charge is 0.340 e. The number of fused-ring (bicyclic) bond motifs is 2. The Morgan fingerprint density at radius 1 is 1.00 bits per heavy atom. The van der Waals surface area contributed by atoms with Gasteiger partial charge in [0.2, 0.25) is 0 Å². The predicted octanol–water partition coefficient (Wildman–Crippen LogP) is 2.04. The molecule has 0 aromatic heterocycles. The molecule has 126 valence electrons. The van der Waals surface area contributed by atoms with Crippen LogP contribution in [0.4, 0.5) is 5.69 Å². The van der Waals surface area contributed by atoms with E-state index in [9.17, 15) is 14.4 Å². The molecule has 2 aromatic carbocycles. The van der Waals surface area contributed by atoms with Crippen LogP contribution in [0.3, 0.4) is 0 Å². The largest absolute Gasteiger partial charge is 0.486 e. The molecule has 2 aliphatic heterocycles. The molecule has 0 saturated carbocycles. The molecule has 0 unspecified atom stereocenters. The average Bonchev–Trinajstić information content (AvgIpc) is 2.91. The maximum atomic E-state index is 12.7. The number of ether oxygens (including phenoxy) is 3. The predicted molar refractivity (Wildman–Crippen MR) is 86.4 cm³/mol. The molecular formula is C18H13NO6. The van der Waals surface area contributed by atoms with Gasteiger partial charge in [0.15, 0.2) is 11.5 Å². The van der Waals surface area contributed by atoms with E-state index < -0.39 is 17.8 Å². The van der Waals surface area contributed by atoms with Gasteiger partial charge in [0, 0.05) is 12.1 Å². The highest BCUT2D eigenvalue weighted by molar-refractivity contribution is 6.35. The Morgan fingerprint density at radius 2 is 1.56 bits per heavy atom. The molecule has 0 aliphatic carbocycles. The molecule has 2 aliphatic rings. The van der Waals surface area contributed by atoms with Gasteiger partial charge in [0.25, 0.3) is 11.8 Å². The lowest BCUT2D eigenvalue weighted by atomic mass is 10.1. The Morgan fingerprint density at radius 3 is 2.12 bits per heavy atom. The van der Waals surface area contributed by atoms with E-state index in [1.54, 1.807) is 24.3 Å². The molecule has 2 amide bonds. The van der Waals surface area contributed by atoms with Crippen LogP contribution in [0.5, 0.6) is 11.5 Å². The summed E-state index contributed by atoms with van der Waals surface area (Å²) in [7, 11) is 1.23. The summed E-state index contributed by atoms with van der Waals surface area (Å²) in [6.07, 6.45) is 0. The number of methoxy groups -OCH3 is 1. The first-order valence-corrected chi connectivity index (χ1v) is 7.61. The van der Waals surface area contributed by atoms with E-state index in [-0.39, 0.29) is 11.3 Å².